The van der Waals surface area contributed by atoms with E-state index in [1.807, 2.05) is 35.8 Å². The Kier molecular flexibility index (Phi) is 5.51. The minimum atomic E-state index is -0.531. The van der Waals surface area contributed by atoms with E-state index < -0.39 is 10.2 Å². The molecule has 0 fully saturated rings. The van der Waals surface area contributed by atoms with Crippen molar-refractivity contribution in [1.82, 2.24) is 14.8 Å². The highest BCUT2D eigenvalue weighted by molar-refractivity contribution is 8.00. The van der Waals surface area contributed by atoms with Crippen molar-refractivity contribution < 1.29 is 9.72 Å². The second-order valence-electron chi connectivity index (χ2n) is 5.79. The van der Waals surface area contributed by atoms with Crippen molar-refractivity contribution in [3.8, 4) is 5.69 Å². The van der Waals surface area contributed by atoms with E-state index in [0.29, 0.717) is 5.16 Å². The van der Waals surface area contributed by atoms with Crippen molar-refractivity contribution in [3.63, 3.8) is 0 Å². The summed E-state index contributed by atoms with van der Waals surface area (Å²) >= 11 is 1.23. The van der Waals surface area contributed by atoms with E-state index in [1.54, 1.807) is 25.4 Å². The Morgan fingerprint density at radius 1 is 1.22 bits per heavy atom. The second kappa shape index (κ2) is 8.00. The number of hydrogen-bond acceptors (Lipinski definition) is 6. The van der Waals surface area contributed by atoms with Crippen LogP contribution in [0.25, 0.3) is 5.69 Å². The topological polar surface area (TPSA) is 103 Å². The zero-order valence-electron chi connectivity index (χ0n) is 14.7. The Morgan fingerprint density at radius 3 is 2.67 bits per heavy atom. The van der Waals surface area contributed by atoms with E-state index in [9.17, 15) is 14.9 Å². The van der Waals surface area contributed by atoms with E-state index in [4.69, 9.17) is 0 Å². The normalized spacial score (nSPS) is 11.8. The van der Waals surface area contributed by atoms with Crippen LogP contribution in [0.15, 0.2) is 60.0 Å². The summed E-state index contributed by atoms with van der Waals surface area (Å²) in [5.74, 6) is -0.353. The van der Waals surface area contributed by atoms with Crippen LogP contribution in [-0.4, -0.2) is 30.8 Å². The number of nitrogens with zero attached hydrogens (tertiary/aromatic N) is 4. The summed E-state index contributed by atoms with van der Waals surface area (Å²) in [6.45, 7) is 3.69. The molecule has 0 aliphatic heterocycles. The molecule has 9 heteroatoms. The predicted molar refractivity (Wildman–Crippen MR) is 103 cm³/mol. The number of carbonyl (C=O) groups excluding carboxylic acids is 1. The standard InChI is InChI=1S/C18H17N5O3S/c1-12-7-3-5-9-15(12)22-11-19-21-18(22)27-13(2)17(24)20-14-8-4-6-10-16(14)23(25)26/h3-11,13H,1-2H3,(H,20,24)/t13-/m1/s1. The Labute approximate surface area is 159 Å². The van der Waals surface area contributed by atoms with Crippen molar-refractivity contribution >= 4 is 29.0 Å². The van der Waals surface area contributed by atoms with Crippen LogP contribution < -0.4 is 5.32 Å². The summed E-state index contributed by atoms with van der Waals surface area (Å²) in [6, 6.07) is 13.8. The zero-order chi connectivity index (χ0) is 19.4. The van der Waals surface area contributed by atoms with E-state index in [0.717, 1.165) is 11.3 Å². The largest absolute Gasteiger partial charge is 0.319 e. The van der Waals surface area contributed by atoms with Gasteiger partial charge in [0.1, 0.15) is 12.0 Å². The highest BCUT2D eigenvalue weighted by atomic mass is 32.2. The highest BCUT2D eigenvalue weighted by Crippen LogP contribution is 2.28. The average molecular weight is 383 g/mol. The molecule has 27 heavy (non-hydrogen) atoms. The third-order valence-corrected chi connectivity index (χ3v) is 4.96. The van der Waals surface area contributed by atoms with Crippen LogP contribution in [0, 0.1) is 17.0 Å². The molecule has 0 unspecified atom stereocenters. The first-order valence-corrected chi connectivity index (χ1v) is 9.02. The molecule has 8 nitrogen and oxygen atoms in total. The molecule has 0 saturated heterocycles. The fourth-order valence-corrected chi connectivity index (χ4v) is 3.32. The molecule has 0 bridgehead atoms. The van der Waals surface area contributed by atoms with Gasteiger partial charge in [0.15, 0.2) is 5.16 Å². The number of aromatic nitrogens is 3. The van der Waals surface area contributed by atoms with Crippen molar-refractivity contribution in [2.45, 2.75) is 24.3 Å². The molecule has 3 rings (SSSR count). The Balaban J connectivity index is 1.76. The first-order valence-electron chi connectivity index (χ1n) is 8.14. The molecule has 0 aliphatic carbocycles. The molecule has 1 amide bonds. The fourth-order valence-electron chi connectivity index (χ4n) is 2.49. The number of thioether (sulfide) groups is 1. The van der Waals surface area contributed by atoms with Crippen LogP contribution in [0.3, 0.4) is 0 Å². The van der Waals surface area contributed by atoms with Gasteiger partial charge in [-0.2, -0.15) is 0 Å². The molecule has 0 radical (unpaired) electrons. The summed E-state index contributed by atoms with van der Waals surface area (Å²) in [5.41, 5.74) is 2.00. The van der Waals surface area contributed by atoms with Crippen LogP contribution in [-0.2, 0) is 4.79 Å². The molecular formula is C18H17N5O3S. The van der Waals surface area contributed by atoms with Gasteiger partial charge >= 0.3 is 0 Å². The third-order valence-electron chi connectivity index (χ3n) is 3.90. The van der Waals surface area contributed by atoms with Crippen molar-refractivity contribution in [2.24, 2.45) is 0 Å². The molecular weight excluding hydrogens is 366 g/mol. The number of nitrogens with one attached hydrogen (secondary N) is 1. The molecule has 0 saturated carbocycles. The van der Waals surface area contributed by atoms with Gasteiger partial charge in [-0.25, -0.2) is 0 Å². The van der Waals surface area contributed by atoms with Gasteiger partial charge in [0.25, 0.3) is 5.69 Å². The van der Waals surface area contributed by atoms with Crippen molar-refractivity contribution in [2.75, 3.05) is 5.32 Å². The fraction of sp³-hybridized carbons (Fsp3) is 0.167. The van der Waals surface area contributed by atoms with Crippen LogP contribution in [0.4, 0.5) is 11.4 Å². The lowest BCUT2D eigenvalue weighted by molar-refractivity contribution is -0.383. The van der Waals surface area contributed by atoms with Gasteiger partial charge in [-0.05, 0) is 31.5 Å². The molecule has 1 atom stereocenters. The number of aryl methyl sites for hydroxylation is 1. The molecule has 2 aromatic carbocycles. The van der Waals surface area contributed by atoms with Crippen molar-refractivity contribution in [3.05, 3.63) is 70.5 Å². The van der Waals surface area contributed by atoms with E-state index >= 15 is 0 Å². The van der Waals surface area contributed by atoms with Gasteiger partial charge in [0.05, 0.1) is 15.9 Å². The minimum Gasteiger partial charge on any atom is -0.319 e. The quantitative estimate of drug-likeness (QED) is 0.396. The van der Waals surface area contributed by atoms with Crippen LogP contribution in [0.1, 0.15) is 12.5 Å². The maximum atomic E-state index is 12.5. The minimum absolute atomic E-state index is 0.147. The number of para-hydroxylation sites is 3. The molecule has 3 aromatic rings. The van der Waals surface area contributed by atoms with Crippen LogP contribution >= 0.6 is 11.8 Å². The first kappa shape index (κ1) is 18.6. The molecule has 1 N–H and O–H groups in total. The summed E-state index contributed by atoms with van der Waals surface area (Å²) in [7, 11) is 0. The highest BCUT2D eigenvalue weighted by Gasteiger charge is 2.22. The summed E-state index contributed by atoms with van der Waals surface area (Å²) in [4.78, 5) is 23.1. The number of nitro benzene ring substituents is 1. The first-order chi connectivity index (χ1) is 13.0. The van der Waals surface area contributed by atoms with Crippen LogP contribution in [0.5, 0.6) is 0 Å². The number of nitro groups is 1. The maximum absolute atomic E-state index is 12.5. The number of hydrogen-bond donors (Lipinski definition) is 1. The smallest absolute Gasteiger partial charge is 0.292 e. The number of carbonyl (C=O) groups is 1. The van der Waals surface area contributed by atoms with Crippen molar-refractivity contribution in [1.29, 1.82) is 0 Å². The molecule has 1 aromatic heterocycles. The number of anilines is 1. The Bertz CT molecular complexity index is 988. The maximum Gasteiger partial charge on any atom is 0.292 e. The lowest BCUT2D eigenvalue weighted by Crippen LogP contribution is -2.23. The van der Waals surface area contributed by atoms with Crippen LogP contribution in [0.2, 0.25) is 0 Å². The van der Waals surface area contributed by atoms with Gasteiger partial charge < -0.3 is 5.32 Å². The van der Waals surface area contributed by atoms with E-state index in [2.05, 4.69) is 15.5 Å². The lowest BCUT2D eigenvalue weighted by atomic mass is 10.2. The lowest BCUT2D eigenvalue weighted by Gasteiger charge is -2.13. The summed E-state index contributed by atoms with van der Waals surface area (Å²) in [6.07, 6.45) is 1.59. The van der Waals surface area contributed by atoms with Gasteiger partial charge in [-0.3, -0.25) is 19.5 Å². The molecule has 0 aliphatic rings. The second-order valence-corrected chi connectivity index (χ2v) is 7.10. The average Bonchev–Trinajstić information content (AvgIpc) is 3.10. The number of rotatable bonds is 6. The number of amides is 1. The summed E-state index contributed by atoms with van der Waals surface area (Å²) in [5, 5.41) is 21.8. The zero-order valence-corrected chi connectivity index (χ0v) is 15.5. The van der Waals surface area contributed by atoms with Gasteiger partial charge in [-0.15, -0.1) is 10.2 Å². The van der Waals surface area contributed by atoms with Gasteiger partial charge in [0, 0.05) is 6.07 Å². The monoisotopic (exact) mass is 383 g/mol. The molecule has 138 valence electrons. The molecule has 1 heterocycles. The Hall–Kier alpha value is -3.20. The van der Waals surface area contributed by atoms with E-state index in [1.165, 1.54) is 23.9 Å². The molecule has 0 spiro atoms. The Morgan fingerprint density at radius 2 is 1.93 bits per heavy atom. The SMILES string of the molecule is Cc1ccccc1-n1cnnc1S[C@H](C)C(=O)Nc1ccccc1[N+](=O)[O-]. The number of benzene rings is 2. The predicted octanol–water partition coefficient (Wildman–Crippen LogP) is 3.60. The van der Waals surface area contributed by atoms with Gasteiger partial charge in [0.2, 0.25) is 5.91 Å². The van der Waals surface area contributed by atoms with Gasteiger partial charge in [-0.1, -0.05) is 42.1 Å². The summed E-state index contributed by atoms with van der Waals surface area (Å²) < 4.78 is 1.81. The third kappa shape index (κ3) is 4.14. The van der Waals surface area contributed by atoms with E-state index in [-0.39, 0.29) is 17.3 Å².